The maximum Gasteiger partial charge on any atom is 0.326 e. The Kier molecular flexibility index (Phi) is 2.72. The first kappa shape index (κ1) is 11.8. The average molecular weight is 252 g/mol. The summed E-state index contributed by atoms with van der Waals surface area (Å²) in [5.74, 6) is -0.247. The highest BCUT2D eigenvalue weighted by atomic mass is 16.4. The minimum Gasteiger partial charge on any atom is -0.480 e. The van der Waals surface area contributed by atoms with E-state index in [4.69, 9.17) is 0 Å². The van der Waals surface area contributed by atoms with Crippen LogP contribution < -0.4 is 0 Å². The Bertz CT molecular complexity index is 380. The fourth-order valence-corrected chi connectivity index (χ4v) is 3.64. The van der Waals surface area contributed by atoms with Gasteiger partial charge in [0.25, 0.3) is 0 Å². The molecule has 2 saturated carbocycles. The van der Waals surface area contributed by atoms with Crippen molar-refractivity contribution in [1.29, 1.82) is 0 Å². The van der Waals surface area contributed by atoms with Crippen LogP contribution in [0.15, 0.2) is 0 Å². The lowest BCUT2D eigenvalue weighted by Gasteiger charge is -2.29. The smallest absolute Gasteiger partial charge is 0.326 e. The standard InChI is InChI=1S/C13H20N2O3/c1-14(9-5-6-9)13(18)15-7-8-3-2-4-10(8)11(15)12(16)17/h8-11H,2-7H2,1H3,(H,16,17). The van der Waals surface area contributed by atoms with Crippen molar-refractivity contribution in [3.05, 3.63) is 0 Å². The third-order valence-electron chi connectivity index (χ3n) is 4.79. The van der Waals surface area contributed by atoms with E-state index in [1.807, 2.05) is 0 Å². The van der Waals surface area contributed by atoms with Crippen molar-refractivity contribution < 1.29 is 14.7 Å². The second kappa shape index (κ2) is 4.14. The van der Waals surface area contributed by atoms with E-state index in [2.05, 4.69) is 0 Å². The van der Waals surface area contributed by atoms with Crippen LogP contribution >= 0.6 is 0 Å². The van der Waals surface area contributed by atoms with E-state index >= 15 is 0 Å². The minimum absolute atomic E-state index is 0.0840. The third-order valence-corrected chi connectivity index (χ3v) is 4.79. The molecule has 0 spiro atoms. The predicted octanol–water partition coefficient (Wildman–Crippen LogP) is 1.39. The van der Waals surface area contributed by atoms with Gasteiger partial charge in [-0.2, -0.15) is 0 Å². The molecule has 100 valence electrons. The van der Waals surface area contributed by atoms with Crippen molar-refractivity contribution in [2.45, 2.75) is 44.2 Å². The summed E-state index contributed by atoms with van der Waals surface area (Å²) < 4.78 is 0. The van der Waals surface area contributed by atoms with Gasteiger partial charge < -0.3 is 14.9 Å². The van der Waals surface area contributed by atoms with Crippen molar-refractivity contribution in [1.82, 2.24) is 9.80 Å². The molecular formula is C13H20N2O3. The summed E-state index contributed by atoms with van der Waals surface area (Å²) in [6.45, 7) is 0.636. The Morgan fingerprint density at radius 3 is 2.56 bits per heavy atom. The van der Waals surface area contributed by atoms with E-state index in [1.54, 1.807) is 16.8 Å². The second-order valence-corrected chi connectivity index (χ2v) is 5.91. The van der Waals surface area contributed by atoms with Crippen LogP contribution in [0.1, 0.15) is 32.1 Å². The molecule has 1 N–H and O–H groups in total. The fraction of sp³-hybridized carbons (Fsp3) is 0.846. The quantitative estimate of drug-likeness (QED) is 0.807. The summed E-state index contributed by atoms with van der Waals surface area (Å²) in [5, 5.41) is 9.40. The summed E-state index contributed by atoms with van der Waals surface area (Å²) in [6.07, 6.45) is 5.25. The Morgan fingerprint density at radius 2 is 1.94 bits per heavy atom. The molecule has 0 bridgehead atoms. The first-order valence-corrected chi connectivity index (χ1v) is 6.86. The highest BCUT2D eigenvalue weighted by molar-refractivity contribution is 5.84. The fourth-order valence-electron chi connectivity index (χ4n) is 3.64. The zero-order chi connectivity index (χ0) is 12.9. The van der Waals surface area contributed by atoms with E-state index in [-0.39, 0.29) is 11.9 Å². The van der Waals surface area contributed by atoms with Gasteiger partial charge in [0.05, 0.1) is 0 Å². The van der Waals surface area contributed by atoms with Gasteiger partial charge in [-0.05, 0) is 37.5 Å². The van der Waals surface area contributed by atoms with Crippen LogP contribution in [-0.2, 0) is 4.79 Å². The van der Waals surface area contributed by atoms with Crippen molar-refractivity contribution in [3.8, 4) is 0 Å². The maximum absolute atomic E-state index is 12.4. The molecule has 1 heterocycles. The molecule has 3 rings (SSSR count). The van der Waals surface area contributed by atoms with Crippen molar-refractivity contribution >= 4 is 12.0 Å². The summed E-state index contributed by atoms with van der Waals surface area (Å²) >= 11 is 0. The number of hydrogen-bond acceptors (Lipinski definition) is 2. The van der Waals surface area contributed by atoms with Crippen molar-refractivity contribution in [3.63, 3.8) is 0 Å². The molecule has 5 heteroatoms. The van der Waals surface area contributed by atoms with Gasteiger partial charge in [0, 0.05) is 19.6 Å². The Balaban J connectivity index is 1.78. The first-order valence-electron chi connectivity index (χ1n) is 6.86. The van der Waals surface area contributed by atoms with Gasteiger partial charge >= 0.3 is 12.0 Å². The van der Waals surface area contributed by atoms with E-state index < -0.39 is 12.0 Å². The molecule has 5 nitrogen and oxygen atoms in total. The number of likely N-dealkylation sites (tertiary alicyclic amines) is 1. The third kappa shape index (κ3) is 1.76. The molecule has 0 aromatic rings. The number of nitrogens with zero attached hydrogens (tertiary/aromatic N) is 2. The van der Waals surface area contributed by atoms with Gasteiger partial charge in [-0.3, -0.25) is 0 Å². The first-order chi connectivity index (χ1) is 8.59. The number of carboxylic acid groups (broad SMARTS) is 1. The highest BCUT2D eigenvalue weighted by Crippen LogP contribution is 2.43. The predicted molar refractivity (Wildman–Crippen MR) is 65.1 cm³/mol. The summed E-state index contributed by atoms with van der Waals surface area (Å²) in [6, 6.07) is -0.335. The number of urea groups is 1. The van der Waals surface area contributed by atoms with Crippen LogP contribution in [-0.4, -0.2) is 52.6 Å². The number of fused-ring (bicyclic) bond motifs is 1. The minimum atomic E-state index is -0.832. The maximum atomic E-state index is 12.4. The van der Waals surface area contributed by atoms with Gasteiger partial charge in [0.2, 0.25) is 0 Å². The Hall–Kier alpha value is -1.26. The number of aliphatic carboxylic acids is 1. The van der Waals surface area contributed by atoms with E-state index in [0.29, 0.717) is 18.5 Å². The number of amides is 2. The van der Waals surface area contributed by atoms with Gasteiger partial charge in [0.1, 0.15) is 6.04 Å². The molecule has 3 atom stereocenters. The topological polar surface area (TPSA) is 60.9 Å². The lowest BCUT2D eigenvalue weighted by Crippen LogP contribution is -2.49. The average Bonchev–Trinajstić information content (AvgIpc) is 2.96. The summed E-state index contributed by atoms with van der Waals surface area (Å²) in [7, 11) is 1.80. The molecule has 3 fully saturated rings. The lowest BCUT2D eigenvalue weighted by molar-refractivity contribution is -0.142. The number of rotatable bonds is 2. The van der Waals surface area contributed by atoms with Crippen molar-refractivity contribution in [2.24, 2.45) is 11.8 Å². The molecule has 2 amide bonds. The van der Waals surface area contributed by atoms with Crippen LogP contribution in [0.25, 0.3) is 0 Å². The van der Waals surface area contributed by atoms with Gasteiger partial charge in [-0.25, -0.2) is 9.59 Å². The summed E-state index contributed by atoms with van der Waals surface area (Å²) in [4.78, 5) is 27.2. The molecule has 1 saturated heterocycles. The van der Waals surface area contributed by atoms with Crippen LogP contribution in [0.5, 0.6) is 0 Å². The van der Waals surface area contributed by atoms with Crippen molar-refractivity contribution in [2.75, 3.05) is 13.6 Å². The molecule has 0 radical (unpaired) electrons. The highest BCUT2D eigenvalue weighted by Gasteiger charge is 2.50. The molecule has 3 aliphatic rings. The van der Waals surface area contributed by atoms with Crippen LogP contribution in [0.4, 0.5) is 4.79 Å². The molecule has 18 heavy (non-hydrogen) atoms. The van der Waals surface area contributed by atoms with Crippen LogP contribution in [0.3, 0.4) is 0 Å². The van der Waals surface area contributed by atoms with Gasteiger partial charge in [0.15, 0.2) is 0 Å². The number of carboxylic acids is 1. The Labute approximate surface area is 107 Å². The SMILES string of the molecule is CN(C(=O)N1CC2CCCC2C1C(=O)O)C1CC1. The van der Waals surface area contributed by atoms with Gasteiger partial charge in [-0.1, -0.05) is 6.42 Å². The molecular weight excluding hydrogens is 232 g/mol. The molecule has 0 aromatic heterocycles. The van der Waals surface area contributed by atoms with E-state index in [0.717, 1.165) is 32.1 Å². The van der Waals surface area contributed by atoms with E-state index in [1.165, 1.54) is 0 Å². The largest absolute Gasteiger partial charge is 0.480 e. The second-order valence-electron chi connectivity index (χ2n) is 5.91. The summed E-state index contributed by atoms with van der Waals surface area (Å²) in [5.41, 5.74) is 0. The number of carbonyl (C=O) groups excluding carboxylic acids is 1. The zero-order valence-corrected chi connectivity index (χ0v) is 10.7. The van der Waals surface area contributed by atoms with E-state index in [9.17, 15) is 14.7 Å². The molecule has 3 unspecified atom stereocenters. The molecule has 2 aliphatic carbocycles. The zero-order valence-electron chi connectivity index (χ0n) is 10.7. The number of hydrogen-bond donors (Lipinski definition) is 1. The normalized spacial score (nSPS) is 34.5. The number of carbonyl (C=O) groups is 2. The van der Waals surface area contributed by atoms with Crippen LogP contribution in [0, 0.1) is 11.8 Å². The Morgan fingerprint density at radius 1 is 1.22 bits per heavy atom. The van der Waals surface area contributed by atoms with Crippen LogP contribution in [0.2, 0.25) is 0 Å². The molecule has 1 aliphatic heterocycles. The molecule has 0 aromatic carbocycles. The lowest BCUT2D eigenvalue weighted by atomic mass is 9.94. The monoisotopic (exact) mass is 252 g/mol. The van der Waals surface area contributed by atoms with Gasteiger partial charge in [-0.15, -0.1) is 0 Å².